The molecular formula is C26H31FO2. The van der Waals surface area contributed by atoms with Crippen LogP contribution in [0.15, 0.2) is 41.5 Å². The zero-order valence-electron chi connectivity index (χ0n) is 17.5. The molecule has 3 fully saturated rings. The molecule has 6 atom stereocenters. The number of carbonyl (C=O) groups excluding carboxylic acids is 1. The minimum Gasteiger partial charge on any atom is -0.393 e. The Balaban J connectivity index is 1.48. The van der Waals surface area contributed by atoms with Crippen molar-refractivity contribution in [2.75, 3.05) is 0 Å². The third-order valence-corrected chi connectivity index (χ3v) is 8.91. The van der Waals surface area contributed by atoms with Gasteiger partial charge in [0, 0.05) is 5.41 Å². The van der Waals surface area contributed by atoms with Gasteiger partial charge in [0.25, 0.3) is 0 Å². The van der Waals surface area contributed by atoms with Crippen LogP contribution in [-0.4, -0.2) is 17.0 Å². The van der Waals surface area contributed by atoms with Crippen LogP contribution in [0.3, 0.4) is 0 Å². The van der Waals surface area contributed by atoms with Crippen LogP contribution in [0.2, 0.25) is 0 Å². The lowest BCUT2D eigenvalue weighted by Gasteiger charge is -2.56. The summed E-state index contributed by atoms with van der Waals surface area (Å²) < 4.78 is 13.6. The second-order valence-corrected chi connectivity index (χ2v) is 10.4. The predicted octanol–water partition coefficient (Wildman–Crippen LogP) is 5.71. The van der Waals surface area contributed by atoms with E-state index in [0.717, 1.165) is 56.1 Å². The van der Waals surface area contributed by atoms with Crippen molar-refractivity contribution >= 4 is 11.9 Å². The van der Waals surface area contributed by atoms with Crippen molar-refractivity contribution in [3.8, 4) is 0 Å². The predicted molar refractivity (Wildman–Crippen MR) is 112 cm³/mol. The van der Waals surface area contributed by atoms with Crippen molar-refractivity contribution in [2.45, 2.75) is 64.9 Å². The van der Waals surface area contributed by atoms with E-state index in [-0.39, 0.29) is 28.5 Å². The Morgan fingerprint density at radius 1 is 1.10 bits per heavy atom. The minimum absolute atomic E-state index is 0.182. The van der Waals surface area contributed by atoms with Gasteiger partial charge < -0.3 is 5.11 Å². The topological polar surface area (TPSA) is 37.3 Å². The maximum absolute atomic E-state index is 13.6. The quantitative estimate of drug-likeness (QED) is 0.489. The second-order valence-electron chi connectivity index (χ2n) is 10.4. The van der Waals surface area contributed by atoms with Gasteiger partial charge in [0.05, 0.1) is 6.10 Å². The lowest BCUT2D eigenvalue weighted by molar-refractivity contribution is -0.130. The van der Waals surface area contributed by atoms with Crippen LogP contribution >= 0.6 is 0 Å². The van der Waals surface area contributed by atoms with Gasteiger partial charge >= 0.3 is 0 Å². The van der Waals surface area contributed by atoms with Crippen LogP contribution in [0.25, 0.3) is 6.08 Å². The van der Waals surface area contributed by atoms with Crippen LogP contribution < -0.4 is 0 Å². The molecule has 0 spiro atoms. The molecule has 0 bridgehead atoms. The van der Waals surface area contributed by atoms with Gasteiger partial charge in [-0.2, -0.15) is 0 Å². The van der Waals surface area contributed by atoms with Gasteiger partial charge in [-0.25, -0.2) is 4.39 Å². The Labute approximate surface area is 172 Å². The maximum atomic E-state index is 13.6. The molecule has 1 aromatic rings. The molecule has 0 heterocycles. The molecule has 0 saturated heterocycles. The fraction of sp³-hybridized carbons (Fsp3) is 0.577. The number of benzene rings is 1. The highest BCUT2D eigenvalue weighted by atomic mass is 19.1. The van der Waals surface area contributed by atoms with Crippen molar-refractivity contribution in [1.29, 1.82) is 0 Å². The van der Waals surface area contributed by atoms with Crippen molar-refractivity contribution in [3.05, 3.63) is 52.9 Å². The normalized spacial score (nSPS) is 42.8. The molecule has 1 aromatic carbocycles. The molecule has 1 N–H and O–H groups in total. The number of hydrogen-bond acceptors (Lipinski definition) is 2. The van der Waals surface area contributed by atoms with E-state index in [1.54, 1.807) is 6.07 Å². The monoisotopic (exact) mass is 394 g/mol. The summed E-state index contributed by atoms with van der Waals surface area (Å²) in [5, 5.41) is 10.2. The third kappa shape index (κ3) is 2.88. The van der Waals surface area contributed by atoms with Gasteiger partial charge in [0.15, 0.2) is 5.78 Å². The van der Waals surface area contributed by atoms with Gasteiger partial charge in [0.2, 0.25) is 0 Å². The van der Waals surface area contributed by atoms with Crippen LogP contribution in [0.1, 0.15) is 64.4 Å². The smallest absolute Gasteiger partial charge is 0.165 e. The number of Topliss-reactive ketones (excluding diaryl/α,β-unsaturated/α-hetero) is 1. The molecular weight excluding hydrogens is 363 g/mol. The fourth-order valence-corrected chi connectivity index (χ4v) is 7.24. The largest absolute Gasteiger partial charge is 0.393 e. The zero-order valence-corrected chi connectivity index (χ0v) is 17.5. The first kappa shape index (κ1) is 19.2. The Kier molecular flexibility index (Phi) is 4.40. The summed E-state index contributed by atoms with van der Waals surface area (Å²) in [5.74, 6) is 1.53. The summed E-state index contributed by atoms with van der Waals surface area (Å²) in [7, 11) is 0. The molecule has 4 aliphatic carbocycles. The molecule has 0 radical (unpaired) electrons. The lowest BCUT2D eigenvalue weighted by atomic mass is 9.48. The number of fused-ring (bicyclic) bond motifs is 5. The molecule has 5 rings (SSSR count). The molecule has 4 aliphatic rings. The summed E-state index contributed by atoms with van der Waals surface area (Å²) in [6.07, 6.45) is 10.8. The average molecular weight is 395 g/mol. The van der Waals surface area contributed by atoms with E-state index in [2.05, 4.69) is 19.9 Å². The van der Waals surface area contributed by atoms with Gasteiger partial charge in [-0.3, -0.25) is 4.79 Å². The van der Waals surface area contributed by atoms with Crippen molar-refractivity contribution in [1.82, 2.24) is 0 Å². The minimum atomic E-state index is -0.282. The standard InChI is InChI=1S/C26H31FO2/c1-25-10-8-20(28)15-18(25)6-7-21-22(25)9-11-26(2)23(21)14-17(24(26)29)12-16-4-3-5-19(27)13-16/h3-6,12-13,20-23,28H,7-11,14-15H2,1-2H3/b17-12+/t20-,21+,22-,23-,25+,26+/m1/s1. The molecule has 0 unspecified atom stereocenters. The highest BCUT2D eigenvalue weighted by Crippen LogP contribution is 2.64. The second kappa shape index (κ2) is 6.63. The molecule has 0 aliphatic heterocycles. The van der Waals surface area contributed by atoms with E-state index in [1.807, 2.05) is 12.1 Å². The van der Waals surface area contributed by atoms with Crippen molar-refractivity contribution in [3.63, 3.8) is 0 Å². The summed E-state index contributed by atoms with van der Waals surface area (Å²) in [5.41, 5.74) is 3.02. The number of allylic oxidation sites excluding steroid dienone is 2. The molecule has 2 nitrogen and oxygen atoms in total. The summed E-state index contributed by atoms with van der Waals surface area (Å²) in [4.78, 5) is 13.4. The zero-order chi connectivity index (χ0) is 20.4. The van der Waals surface area contributed by atoms with E-state index in [0.29, 0.717) is 17.8 Å². The Morgan fingerprint density at radius 3 is 2.69 bits per heavy atom. The van der Waals surface area contributed by atoms with E-state index in [4.69, 9.17) is 0 Å². The molecule has 3 heteroatoms. The Hall–Kier alpha value is -1.74. The van der Waals surface area contributed by atoms with Crippen LogP contribution in [0.5, 0.6) is 0 Å². The number of ketones is 1. The maximum Gasteiger partial charge on any atom is 0.165 e. The summed E-state index contributed by atoms with van der Waals surface area (Å²) in [6.45, 7) is 4.58. The molecule has 154 valence electrons. The van der Waals surface area contributed by atoms with E-state index < -0.39 is 0 Å². The van der Waals surface area contributed by atoms with Crippen LogP contribution in [-0.2, 0) is 4.79 Å². The highest BCUT2D eigenvalue weighted by molar-refractivity contribution is 6.05. The van der Waals surface area contributed by atoms with Gasteiger partial charge in [0.1, 0.15) is 5.82 Å². The van der Waals surface area contributed by atoms with Crippen LogP contribution in [0, 0.1) is 34.4 Å². The van der Waals surface area contributed by atoms with E-state index >= 15 is 0 Å². The molecule has 0 amide bonds. The molecule has 29 heavy (non-hydrogen) atoms. The summed E-state index contributed by atoms with van der Waals surface area (Å²) in [6, 6.07) is 6.54. The highest BCUT2D eigenvalue weighted by Gasteiger charge is 2.59. The number of carbonyl (C=O) groups is 1. The first-order valence-corrected chi connectivity index (χ1v) is 11.2. The summed E-state index contributed by atoms with van der Waals surface area (Å²) >= 11 is 0. The SMILES string of the molecule is C[C@]12CC[C@@H](O)CC1=CC[C@H]1[C@H]2CC[C@]2(C)C(=O)/C(=C/c3cccc(F)c3)C[C@H]12. The third-order valence-electron chi connectivity index (χ3n) is 8.91. The number of rotatable bonds is 1. The lowest BCUT2D eigenvalue weighted by Crippen LogP contribution is -2.50. The van der Waals surface area contributed by atoms with Gasteiger partial charge in [-0.15, -0.1) is 0 Å². The van der Waals surface area contributed by atoms with Crippen molar-refractivity contribution in [2.24, 2.45) is 28.6 Å². The van der Waals surface area contributed by atoms with Gasteiger partial charge in [-0.1, -0.05) is 37.6 Å². The molecule has 0 aromatic heterocycles. The fourth-order valence-electron chi connectivity index (χ4n) is 7.24. The Morgan fingerprint density at radius 2 is 1.90 bits per heavy atom. The Bertz CT molecular complexity index is 915. The number of aliphatic hydroxyl groups excluding tert-OH is 1. The van der Waals surface area contributed by atoms with Crippen molar-refractivity contribution < 1.29 is 14.3 Å². The average Bonchev–Trinajstić information content (AvgIpc) is 2.93. The molecule has 3 saturated carbocycles. The van der Waals surface area contributed by atoms with Crippen LogP contribution in [0.4, 0.5) is 4.39 Å². The number of aliphatic hydroxyl groups is 1. The van der Waals surface area contributed by atoms with Gasteiger partial charge in [-0.05, 0) is 97.5 Å². The first-order valence-electron chi connectivity index (χ1n) is 11.2. The van der Waals surface area contributed by atoms with E-state index in [1.165, 1.54) is 17.7 Å². The van der Waals surface area contributed by atoms with E-state index in [9.17, 15) is 14.3 Å². The first-order chi connectivity index (χ1) is 13.8. The number of halogens is 1. The number of hydrogen-bond donors (Lipinski definition) is 1.